The van der Waals surface area contributed by atoms with Crippen molar-refractivity contribution in [3.63, 3.8) is 0 Å². The fourth-order valence-corrected chi connectivity index (χ4v) is 2.52. The molecule has 0 spiro atoms. The van der Waals surface area contributed by atoms with Crippen molar-refractivity contribution in [2.45, 2.75) is 52.0 Å². The van der Waals surface area contributed by atoms with Crippen LogP contribution in [0.4, 0.5) is 8.78 Å². The first kappa shape index (κ1) is 14.4. The fourth-order valence-electron chi connectivity index (χ4n) is 2.52. The molecule has 1 aliphatic rings. The number of benzene rings is 1. The second-order valence-electron chi connectivity index (χ2n) is 5.61. The van der Waals surface area contributed by atoms with Gasteiger partial charge in [-0.15, -0.1) is 0 Å². The molecule has 0 saturated heterocycles. The third kappa shape index (κ3) is 3.75. The molecule has 1 aromatic carbocycles. The van der Waals surface area contributed by atoms with Gasteiger partial charge in [-0.25, -0.2) is 8.78 Å². The molecular weight excluding hydrogens is 244 g/mol. The molecule has 1 atom stereocenters. The fraction of sp³-hybridized carbons (Fsp3) is 0.625. The minimum absolute atomic E-state index is 0.379. The Labute approximate surface area is 114 Å². The zero-order chi connectivity index (χ0) is 13.8. The van der Waals surface area contributed by atoms with E-state index in [4.69, 9.17) is 0 Å². The van der Waals surface area contributed by atoms with Crippen molar-refractivity contribution in [3.8, 4) is 0 Å². The molecule has 2 rings (SSSR count). The summed E-state index contributed by atoms with van der Waals surface area (Å²) < 4.78 is 27.3. The summed E-state index contributed by atoms with van der Waals surface area (Å²) in [4.78, 5) is 0. The Morgan fingerprint density at radius 1 is 1.26 bits per heavy atom. The highest BCUT2D eigenvalue weighted by Gasteiger charge is 2.30. The third-order valence-electron chi connectivity index (χ3n) is 3.93. The predicted octanol–water partition coefficient (Wildman–Crippen LogP) is 3.98. The van der Waals surface area contributed by atoms with Gasteiger partial charge < -0.3 is 5.32 Å². The van der Waals surface area contributed by atoms with E-state index in [2.05, 4.69) is 12.2 Å². The number of hydrogen-bond donors (Lipinski definition) is 1. The summed E-state index contributed by atoms with van der Waals surface area (Å²) in [7, 11) is 0. The van der Waals surface area contributed by atoms with Gasteiger partial charge in [0.25, 0.3) is 0 Å². The van der Waals surface area contributed by atoms with Crippen LogP contribution in [-0.4, -0.2) is 12.6 Å². The molecule has 1 unspecified atom stereocenters. The minimum Gasteiger partial charge on any atom is -0.314 e. The average Bonchev–Trinajstić information content (AvgIpc) is 3.23. The van der Waals surface area contributed by atoms with E-state index < -0.39 is 11.6 Å². The molecule has 0 heterocycles. The van der Waals surface area contributed by atoms with Gasteiger partial charge in [0, 0.05) is 6.04 Å². The maximum atomic E-state index is 13.8. The third-order valence-corrected chi connectivity index (χ3v) is 3.93. The molecule has 1 fully saturated rings. The van der Waals surface area contributed by atoms with E-state index >= 15 is 0 Å². The molecule has 3 heteroatoms. The quantitative estimate of drug-likeness (QED) is 0.788. The molecule has 1 aromatic rings. The maximum absolute atomic E-state index is 13.8. The van der Waals surface area contributed by atoms with Crippen molar-refractivity contribution in [1.29, 1.82) is 0 Å². The lowest BCUT2D eigenvalue weighted by Crippen LogP contribution is -2.32. The second-order valence-corrected chi connectivity index (χ2v) is 5.61. The smallest absolute Gasteiger partial charge is 0.162 e. The van der Waals surface area contributed by atoms with E-state index in [1.165, 1.54) is 12.8 Å². The van der Waals surface area contributed by atoms with Gasteiger partial charge in [0.2, 0.25) is 0 Å². The van der Waals surface area contributed by atoms with Crippen LogP contribution in [0.5, 0.6) is 0 Å². The molecule has 1 aliphatic carbocycles. The number of rotatable bonds is 7. The Morgan fingerprint density at radius 2 is 2.00 bits per heavy atom. The maximum Gasteiger partial charge on any atom is 0.162 e. The topological polar surface area (TPSA) is 12.0 Å². The molecule has 0 aromatic heterocycles. The molecule has 19 heavy (non-hydrogen) atoms. The van der Waals surface area contributed by atoms with Crippen LogP contribution in [-0.2, 0) is 6.42 Å². The van der Waals surface area contributed by atoms with Gasteiger partial charge >= 0.3 is 0 Å². The largest absolute Gasteiger partial charge is 0.314 e. The first-order valence-corrected chi connectivity index (χ1v) is 7.30. The lowest BCUT2D eigenvalue weighted by molar-refractivity contribution is 0.428. The number of aryl methyl sites for hydroxylation is 2. The van der Waals surface area contributed by atoms with Crippen molar-refractivity contribution in [1.82, 2.24) is 5.32 Å². The van der Waals surface area contributed by atoms with Gasteiger partial charge in [0.1, 0.15) is 0 Å². The first-order chi connectivity index (χ1) is 9.13. The standard InChI is InChI=1S/C16H23F2N/c1-3-10-19-14(12-6-7-12)9-8-13-5-4-11(2)15(17)16(13)18/h4-5,12,14,19H,3,6-10H2,1-2H3. The summed E-state index contributed by atoms with van der Waals surface area (Å²) in [6.45, 7) is 4.75. The average molecular weight is 267 g/mol. The molecule has 1 N–H and O–H groups in total. The van der Waals surface area contributed by atoms with E-state index in [0.29, 0.717) is 23.6 Å². The summed E-state index contributed by atoms with van der Waals surface area (Å²) in [5.41, 5.74) is 0.885. The van der Waals surface area contributed by atoms with Crippen molar-refractivity contribution in [2.75, 3.05) is 6.54 Å². The van der Waals surface area contributed by atoms with Crippen LogP contribution >= 0.6 is 0 Å². The van der Waals surface area contributed by atoms with Crippen LogP contribution in [0.1, 0.15) is 43.7 Å². The molecular formula is C16H23F2N. The van der Waals surface area contributed by atoms with E-state index in [9.17, 15) is 8.78 Å². The van der Waals surface area contributed by atoms with E-state index in [-0.39, 0.29) is 0 Å². The van der Waals surface area contributed by atoms with Crippen molar-refractivity contribution >= 4 is 0 Å². The highest BCUT2D eigenvalue weighted by Crippen LogP contribution is 2.34. The summed E-state index contributed by atoms with van der Waals surface area (Å²) in [6.07, 6.45) is 5.15. The molecule has 1 saturated carbocycles. The minimum atomic E-state index is -0.693. The number of nitrogens with one attached hydrogen (secondary N) is 1. The highest BCUT2D eigenvalue weighted by molar-refractivity contribution is 5.25. The summed E-state index contributed by atoms with van der Waals surface area (Å²) in [5.74, 6) is -0.614. The van der Waals surface area contributed by atoms with Crippen LogP contribution in [0.15, 0.2) is 12.1 Å². The van der Waals surface area contributed by atoms with Gasteiger partial charge in [-0.05, 0) is 62.6 Å². The first-order valence-electron chi connectivity index (χ1n) is 7.30. The van der Waals surface area contributed by atoms with Gasteiger partial charge in [-0.1, -0.05) is 19.1 Å². The normalized spacial score (nSPS) is 16.6. The molecule has 0 amide bonds. The van der Waals surface area contributed by atoms with Gasteiger partial charge in [-0.3, -0.25) is 0 Å². The Balaban J connectivity index is 1.95. The number of hydrogen-bond acceptors (Lipinski definition) is 1. The monoisotopic (exact) mass is 267 g/mol. The Bertz CT molecular complexity index is 427. The van der Waals surface area contributed by atoms with Crippen molar-refractivity contribution in [2.24, 2.45) is 5.92 Å². The molecule has 0 aliphatic heterocycles. The summed E-state index contributed by atoms with van der Waals surface area (Å²) in [6, 6.07) is 3.85. The lowest BCUT2D eigenvalue weighted by atomic mass is 10.00. The Morgan fingerprint density at radius 3 is 2.63 bits per heavy atom. The van der Waals surface area contributed by atoms with Gasteiger partial charge in [-0.2, -0.15) is 0 Å². The zero-order valence-corrected chi connectivity index (χ0v) is 11.8. The van der Waals surface area contributed by atoms with Crippen LogP contribution in [0, 0.1) is 24.5 Å². The van der Waals surface area contributed by atoms with E-state index in [1.807, 2.05) is 0 Å². The van der Waals surface area contributed by atoms with Gasteiger partial charge in [0.15, 0.2) is 11.6 Å². The SMILES string of the molecule is CCCNC(CCc1ccc(C)c(F)c1F)C1CC1. The van der Waals surface area contributed by atoms with Crippen LogP contribution in [0.25, 0.3) is 0 Å². The molecule has 1 nitrogen and oxygen atoms in total. The van der Waals surface area contributed by atoms with E-state index in [1.54, 1.807) is 19.1 Å². The number of halogens is 2. The Hall–Kier alpha value is -0.960. The van der Waals surface area contributed by atoms with Crippen molar-refractivity contribution in [3.05, 3.63) is 34.9 Å². The summed E-state index contributed by atoms with van der Waals surface area (Å²) in [5, 5.41) is 3.53. The lowest BCUT2D eigenvalue weighted by Gasteiger charge is -2.18. The molecule has 0 radical (unpaired) electrons. The second kappa shape index (κ2) is 6.47. The Kier molecular flexibility index (Phi) is 4.92. The zero-order valence-electron chi connectivity index (χ0n) is 11.8. The van der Waals surface area contributed by atoms with E-state index in [0.717, 1.165) is 25.3 Å². The van der Waals surface area contributed by atoms with Crippen molar-refractivity contribution < 1.29 is 8.78 Å². The van der Waals surface area contributed by atoms with Crippen LogP contribution in [0.3, 0.4) is 0 Å². The van der Waals surface area contributed by atoms with Crippen LogP contribution in [0.2, 0.25) is 0 Å². The highest BCUT2D eigenvalue weighted by atomic mass is 19.2. The summed E-state index contributed by atoms with van der Waals surface area (Å²) >= 11 is 0. The molecule has 0 bridgehead atoms. The molecule has 106 valence electrons. The van der Waals surface area contributed by atoms with Gasteiger partial charge in [0.05, 0.1) is 0 Å². The van der Waals surface area contributed by atoms with Crippen LogP contribution < -0.4 is 5.32 Å². The predicted molar refractivity (Wildman–Crippen MR) is 74.2 cm³/mol.